The summed E-state index contributed by atoms with van der Waals surface area (Å²) in [5, 5.41) is 0.905. The number of halogens is 1. The van der Waals surface area contributed by atoms with Gasteiger partial charge in [-0.15, -0.1) is 0 Å². The monoisotopic (exact) mass is 207 g/mol. The summed E-state index contributed by atoms with van der Waals surface area (Å²) >= 11 is 5.09. The number of nitrogens with zero attached hydrogens (tertiary/aromatic N) is 1. The molecule has 0 saturated heterocycles. The first kappa shape index (κ1) is 8.97. The number of pyridine rings is 1. The van der Waals surface area contributed by atoms with Gasteiger partial charge in [0.05, 0.1) is 5.52 Å². The fourth-order valence-electron chi connectivity index (χ4n) is 1.21. The Morgan fingerprint density at radius 3 is 3.00 bits per heavy atom. The number of fused-ring (bicyclic) bond motifs is 1. The molecule has 2 aromatic rings. The third-order valence-electron chi connectivity index (χ3n) is 1.77. The van der Waals surface area contributed by atoms with Crippen LogP contribution in [-0.2, 0) is 0 Å². The van der Waals surface area contributed by atoms with E-state index in [9.17, 15) is 4.79 Å². The summed E-state index contributed by atoms with van der Waals surface area (Å²) in [7, 11) is 0. The molecule has 14 heavy (non-hydrogen) atoms. The molecule has 0 N–H and O–H groups in total. The Hall–Kier alpha value is -1.61. The first-order chi connectivity index (χ1) is 6.75. The van der Waals surface area contributed by atoms with Crippen molar-refractivity contribution in [2.75, 3.05) is 0 Å². The summed E-state index contributed by atoms with van der Waals surface area (Å²) in [6, 6.07) is 8.82. The van der Waals surface area contributed by atoms with Crippen LogP contribution >= 0.6 is 11.6 Å². The third-order valence-corrected chi connectivity index (χ3v) is 1.85. The molecular weight excluding hydrogens is 202 g/mol. The Bertz CT molecular complexity index is 484. The molecule has 0 atom stereocenters. The van der Waals surface area contributed by atoms with E-state index in [4.69, 9.17) is 16.3 Å². The lowest BCUT2D eigenvalue weighted by Crippen LogP contribution is -1.95. The molecule has 0 aliphatic heterocycles. The lowest BCUT2D eigenvalue weighted by Gasteiger charge is -2.00. The highest BCUT2D eigenvalue weighted by atomic mass is 35.5. The van der Waals surface area contributed by atoms with Gasteiger partial charge in [-0.3, -0.25) is 4.98 Å². The summed E-state index contributed by atoms with van der Waals surface area (Å²) in [6.07, 6.45) is 1.70. The number of hydrogen-bond donors (Lipinski definition) is 0. The van der Waals surface area contributed by atoms with E-state index in [0.29, 0.717) is 5.75 Å². The molecule has 70 valence electrons. The van der Waals surface area contributed by atoms with Crippen molar-refractivity contribution in [2.24, 2.45) is 0 Å². The number of benzene rings is 1. The second-order valence-corrected chi connectivity index (χ2v) is 3.01. The minimum absolute atomic E-state index is 0.422. The lowest BCUT2D eigenvalue weighted by molar-refractivity contribution is 0.225. The minimum atomic E-state index is -0.840. The number of carbonyl (C=O) groups is 1. The van der Waals surface area contributed by atoms with Crippen LogP contribution in [0.15, 0.2) is 36.5 Å². The van der Waals surface area contributed by atoms with Crippen LogP contribution in [0.3, 0.4) is 0 Å². The quantitative estimate of drug-likeness (QED) is 0.675. The second kappa shape index (κ2) is 3.64. The van der Waals surface area contributed by atoms with Gasteiger partial charge in [-0.1, -0.05) is 6.07 Å². The largest absolute Gasteiger partial charge is 0.414 e. The summed E-state index contributed by atoms with van der Waals surface area (Å²) in [5.74, 6) is 0.422. The highest BCUT2D eigenvalue weighted by molar-refractivity contribution is 6.61. The van der Waals surface area contributed by atoms with Gasteiger partial charge in [0, 0.05) is 23.2 Å². The van der Waals surface area contributed by atoms with Gasteiger partial charge >= 0.3 is 5.43 Å². The standard InChI is InChI=1S/C10H6ClNO2/c11-10(13)14-8-3-4-9-7(6-8)2-1-5-12-9/h1-6H. The van der Waals surface area contributed by atoms with Crippen LogP contribution in [0.5, 0.6) is 5.75 Å². The summed E-state index contributed by atoms with van der Waals surface area (Å²) in [5.41, 5.74) is 0.00936. The van der Waals surface area contributed by atoms with Crippen molar-refractivity contribution in [1.82, 2.24) is 4.98 Å². The summed E-state index contributed by atoms with van der Waals surface area (Å²) < 4.78 is 4.72. The van der Waals surface area contributed by atoms with Crippen molar-refractivity contribution in [3.05, 3.63) is 36.5 Å². The van der Waals surface area contributed by atoms with Gasteiger partial charge in [-0.2, -0.15) is 0 Å². The third kappa shape index (κ3) is 1.83. The lowest BCUT2D eigenvalue weighted by atomic mass is 10.2. The maximum Gasteiger partial charge on any atom is 0.409 e. The maximum atomic E-state index is 10.5. The Morgan fingerprint density at radius 1 is 1.36 bits per heavy atom. The van der Waals surface area contributed by atoms with Crippen LogP contribution in [0.25, 0.3) is 10.9 Å². The SMILES string of the molecule is O=C(Cl)Oc1ccc2ncccc2c1. The zero-order chi connectivity index (χ0) is 9.97. The number of ether oxygens (including phenoxy) is 1. The average molecular weight is 208 g/mol. The molecule has 3 nitrogen and oxygen atoms in total. The van der Waals surface area contributed by atoms with Gasteiger partial charge in [0.15, 0.2) is 0 Å². The molecule has 1 heterocycles. The predicted octanol–water partition coefficient (Wildman–Crippen LogP) is 2.97. The van der Waals surface area contributed by atoms with Gasteiger partial charge in [-0.05, 0) is 24.3 Å². The van der Waals surface area contributed by atoms with Crippen LogP contribution in [0, 0.1) is 0 Å². The molecular formula is C10H6ClNO2. The molecule has 1 aromatic carbocycles. The predicted molar refractivity (Wildman–Crippen MR) is 53.6 cm³/mol. The molecule has 0 aliphatic carbocycles. The zero-order valence-corrected chi connectivity index (χ0v) is 7.86. The fourth-order valence-corrected chi connectivity index (χ4v) is 1.30. The van der Waals surface area contributed by atoms with Crippen molar-refractivity contribution in [3.8, 4) is 5.75 Å². The van der Waals surface area contributed by atoms with Crippen LogP contribution in [-0.4, -0.2) is 10.4 Å². The van der Waals surface area contributed by atoms with Gasteiger partial charge < -0.3 is 4.74 Å². The Kier molecular flexibility index (Phi) is 2.33. The molecule has 0 fully saturated rings. The zero-order valence-electron chi connectivity index (χ0n) is 7.11. The smallest absolute Gasteiger partial charge is 0.409 e. The molecule has 0 radical (unpaired) electrons. The van der Waals surface area contributed by atoms with Crippen LogP contribution in [0.4, 0.5) is 4.79 Å². The molecule has 2 rings (SSSR count). The van der Waals surface area contributed by atoms with Gasteiger partial charge in [-0.25, -0.2) is 4.79 Å². The number of hydrogen-bond acceptors (Lipinski definition) is 3. The molecule has 0 unspecified atom stereocenters. The van der Waals surface area contributed by atoms with Crippen molar-refractivity contribution in [2.45, 2.75) is 0 Å². The molecule has 0 spiro atoms. The number of aromatic nitrogens is 1. The van der Waals surface area contributed by atoms with Crippen LogP contribution in [0.2, 0.25) is 0 Å². The van der Waals surface area contributed by atoms with Crippen molar-refractivity contribution >= 4 is 27.9 Å². The van der Waals surface area contributed by atoms with Gasteiger partial charge in [0.2, 0.25) is 0 Å². The fraction of sp³-hybridized carbons (Fsp3) is 0. The number of rotatable bonds is 1. The highest BCUT2D eigenvalue weighted by Crippen LogP contribution is 2.19. The van der Waals surface area contributed by atoms with E-state index >= 15 is 0 Å². The van der Waals surface area contributed by atoms with E-state index in [1.807, 2.05) is 12.1 Å². The van der Waals surface area contributed by atoms with Crippen molar-refractivity contribution in [3.63, 3.8) is 0 Å². The molecule has 0 aliphatic rings. The summed E-state index contributed by atoms with van der Waals surface area (Å²) in [4.78, 5) is 14.6. The molecule has 0 bridgehead atoms. The van der Waals surface area contributed by atoms with E-state index in [2.05, 4.69) is 4.98 Å². The number of carbonyl (C=O) groups excluding carboxylic acids is 1. The van der Waals surface area contributed by atoms with Crippen molar-refractivity contribution < 1.29 is 9.53 Å². The maximum absolute atomic E-state index is 10.5. The topological polar surface area (TPSA) is 39.2 Å². The molecule has 1 aromatic heterocycles. The highest BCUT2D eigenvalue weighted by Gasteiger charge is 2.01. The van der Waals surface area contributed by atoms with Crippen LogP contribution < -0.4 is 4.74 Å². The molecule has 0 amide bonds. The summed E-state index contributed by atoms with van der Waals surface area (Å²) in [6.45, 7) is 0. The average Bonchev–Trinajstić information content (AvgIpc) is 2.17. The van der Waals surface area contributed by atoms with Crippen molar-refractivity contribution in [1.29, 1.82) is 0 Å². The Balaban J connectivity index is 2.46. The Labute approximate surface area is 85.3 Å². The van der Waals surface area contributed by atoms with Gasteiger partial charge in [0.25, 0.3) is 0 Å². The molecule has 0 saturated carbocycles. The first-order valence-corrected chi connectivity index (χ1v) is 4.35. The second-order valence-electron chi connectivity index (χ2n) is 2.70. The van der Waals surface area contributed by atoms with E-state index in [0.717, 1.165) is 10.9 Å². The Morgan fingerprint density at radius 2 is 2.21 bits per heavy atom. The van der Waals surface area contributed by atoms with E-state index in [1.54, 1.807) is 24.4 Å². The molecule has 4 heteroatoms. The van der Waals surface area contributed by atoms with E-state index in [-0.39, 0.29) is 0 Å². The van der Waals surface area contributed by atoms with Gasteiger partial charge in [0.1, 0.15) is 5.75 Å². The minimum Gasteiger partial charge on any atom is -0.414 e. The first-order valence-electron chi connectivity index (χ1n) is 3.98. The van der Waals surface area contributed by atoms with E-state index in [1.165, 1.54) is 0 Å². The van der Waals surface area contributed by atoms with E-state index < -0.39 is 5.43 Å². The van der Waals surface area contributed by atoms with Crippen LogP contribution in [0.1, 0.15) is 0 Å². The normalized spacial score (nSPS) is 10.1.